The molecule has 0 fully saturated rings. The van der Waals surface area contributed by atoms with Crippen molar-refractivity contribution in [3.05, 3.63) is 49.9 Å². The van der Waals surface area contributed by atoms with Crippen LogP contribution in [0.1, 0.15) is 16.1 Å². The van der Waals surface area contributed by atoms with E-state index >= 15 is 0 Å². The van der Waals surface area contributed by atoms with E-state index in [-0.39, 0.29) is 5.56 Å². The maximum atomic E-state index is 12.3. The number of amides is 1. The Bertz CT molecular complexity index is 711. The van der Waals surface area contributed by atoms with Crippen molar-refractivity contribution in [2.24, 2.45) is 12.8 Å². The Hall–Kier alpha value is -1.72. The molecule has 1 amide bonds. The summed E-state index contributed by atoms with van der Waals surface area (Å²) in [6.07, 6.45) is 0. The number of carbonyl (C=O) groups is 1. The zero-order chi connectivity index (χ0) is 14.3. The maximum absolute atomic E-state index is 12.3. The molecule has 1 aromatic carbocycles. The van der Waals surface area contributed by atoms with Crippen molar-refractivity contribution in [3.8, 4) is 5.69 Å². The van der Waals surface area contributed by atoms with Crippen LogP contribution in [0.4, 0.5) is 0 Å². The molecule has 1 heterocycles. The highest BCUT2D eigenvalue weighted by Gasteiger charge is 2.22. The van der Waals surface area contributed by atoms with Crippen LogP contribution in [-0.2, 0) is 7.05 Å². The Balaban J connectivity index is 2.89. The number of carbonyl (C=O) groups excluding carboxylic acids is 1. The molecule has 0 aliphatic carbocycles. The zero-order valence-electron chi connectivity index (χ0n) is 10.3. The van der Waals surface area contributed by atoms with Gasteiger partial charge in [-0.3, -0.25) is 14.3 Å². The molecule has 2 aromatic rings. The number of rotatable bonds is 2. The van der Waals surface area contributed by atoms with Crippen molar-refractivity contribution in [3.63, 3.8) is 0 Å². The predicted molar refractivity (Wildman–Crippen MR) is 74.3 cm³/mol. The van der Waals surface area contributed by atoms with Crippen molar-refractivity contribution in [2.75, 3.05) is 0 Å². The van der Waals surface area contributed by atoms with Gasteiger partial charge in [0.2, 0.25) is 0 Å². The molecule has 5 nitrogen and oxygen atoms in total. The van der Waals surface area contributed by atoms with Gasteiger partial charge in [-0.05, 0) is 19.1 Å². The highest BCUT2D eigenvalue weighted by molar-refractivity contribution is 6.37. The summed E-state index contributed by atoms with van der Waals surface area (Å²) in [4.78, 5) is 23.6. The van der Waals surface area contributed by atoms with Gasteiger partial charge in [-0.1, -0.05) is 29.3 Å². The van der Waals surface area contributed by atoms with Crippen molar-refractivity contribution < 1.29 is 4.79 Å². The number of para-hydroxylation sites is 1. The van der Waals surface area contributed by atoms with E-state index in [0.29, 0.717) is 21.4 Å². The smallest absolute Gasteiger partial charge is 0.284 e. The summed E-state index contributed by atoms with van der Waals surface area (Å²) in [6.45, 7) is 1.63. The van der Waals surface area contributed by atoms with Gasteiger partial charge in [0.1, 0.15) is 11.3 Å². The van der Waals surface area contributed by atoms with Crippen LogP contribution in [-0.4, -0.2) is 15.3 Å². The minimum absolute atomic E-state index is 0.0708. The van der Waals surface area contributed by atoms with Gasteiger partial charge < -0.3 is 5.73 Å². The van der Waals surface area contributed by atoms with E-state index in [4.69, 9.17) is 28.9 Å². The molecule has 0 bridgehead atoms. The molecule has 1 aromatic heterocycles. The van der Waals surface area contributed by atoms with E-state index in [1.165, 1.54) is 9.36 Å². The van der Waals surface area contributed by atoms with Gasteiger partial charge in [-0.2, -0.15) is 0 Å². The van der Waals surface area contributed by atoms with Crippen molar-refractivity contribution in [1.82, 2.24) is 9.36 Å². The molecular formula is C12H11Cl2N3O2. The molecule has 100 valence electrons. The largest absolute Gasteiger partial charge is 0.365 e. The van der Waals surface area contributed by atoms with E-state index in [2.05, 4.69) is 0 Å². The zero-order valence-corrected chi connectivity index (χ0v) is 11.8. The lowest BCUT2D eigenvalue weighted by Gasteiger charge is -2.11. The standard InChI is InChI=1S/C12H11Cl2N3O2/c1-6-9(11(15)18)12(19)17(16(6)2)10-7(13)4-3-5-8(10)14/h3-5H,1-2H3,(H2,15,18). The Labute approximate surface area is 119 Å². The van der Waals surface area contributed by atoms with Gasteiger partial charge in [0.25, 0.3) is 11.5 Å². The van der Waals surface area contributed by atoms with Gasteiger partial charge in [-0.25, -0.2) is 4.68 Å². The lowest BCUT2D eigenvalue weighted by molar-refractivity contribution is 0.0998. The van der Waals surface area contributed by atoms with E-state index in [0.717, 1.165) is 0 Å². The van der Waals surface area contributed by atoms with Gasteiger partial charge >= 0.3 is 0 Å². The number of hydrogen-bond donors (Lipinski definition) is 1. The molecule has 0 spiro atoms. The van der Waals surface area contributed by atoms with E-state index in [9.17, 15) is 9.59 Å². The molecule has 0 saturated heterocycles. The third-order valence-corrected chi connectivity index (χ3v) is 3.56. The van der Waals surface area contributed by atoms with E-state index in [1.807, 2.05) is 0 Å². The molecule has 0 atom stereocenters. The number of aromatic nitrogens is 2. The third kappa shape index (κ3) is 2.05. The summed E-state index contributed by atoms with van der Waals surface area (Å²) in [5.41, 5.74) is 5.39. The average Bonchev–Trinajstić information content (AvgIpc) is 2.52. The molecule has 0 radical (unpaired) electrons. The van der Waals surface area contributed by atoms with Crippen LogP contribution in [0.3, 0.4) is 0 Å². The second-order valence-electron chi connectivity index (χ2n) is 4.04. The van der Waals surface area contributed by atoms with Gasteiger partial charge in [0.05, 0.1) is 15.7 Å². The highest BCUT2D eigenvalue weighted by Crippen LogP contribution is 2.27. The first-order valence-corrected chi connectivity index (χ1v) is 6.14. The molecule has 0 aliphatic heterocycles. The number of hydrogen-bond acceptors (Lipinski definition) is 2. The predicted octanol–water partition coefficient (Wildman–Crippen LogP) is 1.89. The summed E-state index contributed by atoms with van der Waals surface area (Å²) in [5, 5.41) is 0.623. The molecule has 0 unspecified atom stereocenters. The van der Waals surface area contributed by atoms with Crippen LogP contribution in [0.25, 0.3) is 5.69 Å². The lowest BCUT2D eigenvalue weighted by atomic mass is 10.2. The van der Waals surface area contributed by atoms with Gasteiger partial charge in [0.15, 0.2) is 0 Å². The Morgan fingerprint density at radius 1 is 1.26 bits per heavy atom. The summed E-state index contributed by atoms with van der Waals surface area (Å²) in [6, 6.07) is 4.90. The second kappa shape index (κ2) is 4.75. The SMILES string of the molecule is Cc1c(C(N)=O)c(=O)n(-c2c(Cl)cccc2Cl)n1C. The van der Waals surface area contributed by atoms with Crippen LogP contribution in [0.2, 0.25) is 10.0 Å². The Kier molecular flexibility index (Phi) is 3.43. The fourth-order valence-corrected chi connectivity index (χ4v) is 2.49. The van der Waals surface area contributed by atoms with Crippen LogP contribution in [0.5, 0.6) is 0 Å². The van der Waals surface area contributed by atoms with Crippen molar-refractivity contribution in [2.45, 2.75) is 6.92 Å². The summed E-state index contributed by atoms with van der Waals surface area (Å²) >= 11 is 12.2. The number of nitrogens with two attached hydrogens (primary N) is 1. The molecule has 7 heteroatoms. The topological polar surface area (TPSA) is 70.0 Å². The quantitative estimate of drug-likeness (QED) is 0.920. The first-order valence-electron chi connectivity index (χ1n) is 5.39. The molecule has 2 rings (SSSR count). The molecule has 0 saturated carbocycles. The monoisotopic (exact) mass is 299 g/mol. The number of nitrogens with zero attached hydrogens (tertiary/aromatic N) is 2. The van der Waals surface area contributed by atoms with E-state index < -0.39 is 11.5 Å². The number of halogens is 2. The highest BCUT2D eigenvalue weighted by atomic mass is 35.5. The minimum Gasteiger partial charge on any atom is -0.365 e. The van der Waals surface area contributed by atoms with Crippen LogP contribution in [0.15, 0.2) is 23.0 Å². The third-order valence-electron chi connectivity index (χ3n) is 2.95. The van der Waals surface area contributed by atoms with E-state index in [1.54, 1.807) is 32.2 Å². The summed E-state index contributed by atoms with van der Waals surface area (Å²) < 4.78 is 2.73. The number of primary amides is 1. The Morgan fingerprint density at radius 3 is 2.21 bits per heavy atom. The molecule has 2 N–H and O–H groups in total. The summed E-state index contributed by atoms with van der Waals surface area (Å²) in [7, 11) is 1.63. The average molecular weight is 300 g/mol. The molecular weight excluding hydrogens is 289 g/mol. The first-order chi connectivity index (χ1) is 8.86. The normalized spacial score (nSPS) is 10.7. The fourth-order valence-electron chi connectivity index (χ4n) is 1.94. The molecule has 0 aliphatic rings. The van der Waals surface area contributed by atoms with Gasteiger partial charge in [-0.15, -0.1) is 0 Å². The Morgan fingerprint density at radius 2 is 1.79 bits per heavy atom. The fraction of sp³-hybridized carbons (Fsp3) is 0.167. The second-order valence-corrected chi connectivity index (χ2v) is 4.85. The van der Waals surface area contributed by atoms with Crippen LogP contribution < -0.4 is 11.3 Å². The van der Waals surface area contributed by atoms with Crippen LogP contribution >= 0.6 is 23.2 Å². The van der Waals surface area contributed by atoms with Crippen molar-refractivity contribution in [1.29, 1.82) is 0 Å². The summed E-state index contributed by atoms with van der Waals surface area (Å²) in [5.74, 6) is -0.778. The minimum atomic E-state index is -0.778. The van der Waals surface area contributed by atoms with Crippen LogP contribution in [0, 0.1) is 6.92 Å². The van der Waals surface area contributed by atoms with Gasteiger partial charge in [0, 0.05) is 7.05 Å². The molecule has 19 heavy (non-hydrogen) atoms. The first kappa shape index (κ1) is 13.7. The van der Waals surface area contributed by atoms with Crippen molar-refractivity contribution >= 4 is 29.1 Å². The lowest BCUT2D eigenvalue weighted by Crippen LogP contribution is -2.25. The number of benzene rings is 1. The maximum Gasteiger partial charge on any atom is 0.284 e.